The summed E-state index contributed by atoms with van der Waals surface area (Å²) < 4.78 is 4.55. The number of rotatable bonds is 8. The molecule has 21 heavy (non-hydrogen) atoms. The molecule has 0 bridgehead atoms. The van der Waals surface area contributed by atoms with Crippen molar-refractivity contribution >= 4 is 30.0 Å². The number of amides is 1. The number of esters is 1. The fourth-order valence-corrected chi connectivity index (χ4v) is 1.78. The van der Waals surface area contributed by atoms with Crippen molar-refractivity contribution in [2.45, 2.75) is 32.1 Å². The molecule has 0 unspecified atom stereocenters. The number of carbonyl (C=O) groups excluding carboxylic acids is 2. The Balaban J connectivity index is 0.00000400. The van der Waals surface area contributed by atoms with Crippen LogP contribution >= 0.6 is 12.4 Å². The summed E-state index contributed by atoms with van der Waals surface area (Å²) in [5.41, 5.74) is 7.22. The lowest BCUT2D eigenvalue weighted by atomic mass is 10.1. The standard InChI is InChI=1S/C15H22N2O3.ClH/c1-20-15(19)5-3-2-4-10-17-14(18)11-12-6-8-13(16)9-7-12;/h6-9H,2-5,10-11,16H2,1H3,(H,17,18);1H. The molecule has 0 saturated carbocycles. The summed E-state index contributed by atoms with van der Waals surface area (Å²) in [7, 11) is 1.39. The van der Waals surface area contributed by atoms with E-state index in [9.17, 15) is 9.59 Å². The van der Waals surface area contributed by atoms with Gasteiger partial charge in [-0.2, -0.15) is 0 Å². The summed E-state index contributed by atoms with van der Waals surface area (Å²) in [6.45, 7) is 0.634. The highest BCUT2D eigenvalue weighted by atomic mass is 35.5. The van der Waals surface area contributed by atoms with Crippen LogP contribution in [0.4, 0.5) is 5.69 Å². The molecule has 0 aromatic heterocycles. The Kier molecular flexibility index (Phi) is 10.1. The maximum absolute atomic E-state index is 11.7. The Labute approximate surface area is 131 Å². The largest absolute Gasteiger partial charge is 0.469 e. The maximum Gasteiger partial charge on any atom is 0.305 e. The van der Waals surface area contributed by atoms with Gasteiger partial charge in [-0.3, -0.25) is 9.59 Å². The van der Waals surface area contributed by atoms with E-state index in [0.717, 1.165) is 24.8 Å². The summed E-state index contributed by atoms with van der Waals surface area (Å²) in [6, 6.07) is 7.28. The van der Waals surface area contributed by atoms with E-state index >= 15 is 0 Å². The maximum atomic E-state index is 11.7. The Bertz CT molecular complexity index is 435. The van der Waals surface area contributed by atoms with Gasteiger partial charge in [0, 0.05) is 18.7 Å². The molecule has 5 nitrogen and oxygen atoms in total. The molecular weight excluding hydrogens is 292 g/mol. The Morgan fingerprint density at radius 2 is 1.81 bits per heavy atom. The molecule has 0 saturated heterocycles. The van der Waals surface area contributed by atoms with Gasteiger partial charge in [0.2, 0.25) is 5.91 Å². The molecule has 0 atom stereocenters. The van der Waals surface area contributed by atoms with Crippen molar-refractivity contribution in [3.05, 3.63) is 29.8 Å². The molecule has 118 valence electrons. The number of nitrogens with two attached hydrogens (primary N) is 1. The van der Waals surface area contributed by atoms with Gasteiger partial charge in [-0.1, -0.05) is 18.6 Å². The molecule has 1 aromatic rings. The van der Waals surface area contributed by atoms with E-state index < -0.39 is 0 Å². The SMILES string of the molecule is COC(=O)CCCCCNC(=O)Cc1ccc(N)cc1.Cl. The number of halogens is 1. The smallest absolute Gasteiger partial charge is 0.305 e. The minimum atomic E-state index is -0.183. The van der Waals surface area contributed by atoms with E-state index in [1.807, 2.05) is 12.1 Å². The van der Waals surface area contributed by atoms with Crippen molar-refractivity contribution < 1.29 is 14.3 Å². The molecule has 0 aliphatic heterocycles. The zero-order chi connectivity index (χ0) is 14.8. The molecule has 0 spiro atoms. The van der Waals surface area contributed by atoms with Crippen molar-refractivity contribution in [3.8, 4) is 0 Å². The minimum absolute atomic E-state index is 0. The van der Waals surface area contributed by atoms with Gasteiger partial charge in [-0.25, -0.2) is 0 Å². The lowest BCUT2D eigenvalue weighted by Gasteiger charge is -2.05. The lowest BCUT2D eigenvalue weighted by Crippen LogP contribution is -2.26. The molecule has 0 fully saturated rings. The molecule has 3 N–H and O–H groups in total. The van der Waals surface area contributed by atoms with Gasteiger partial charge >= 0.3 is 5.97 Å². The summed E-state index contributed by atoms with van der Waals surface area (Å²) in [5, 5.41) is 2.86. The molecule has 1 rings (SSSR count). The van der Waals surface area contributed by atoms with E-state index in [-0.39, 0.29) is 24.3 Å². The second-order valence-electron chi connectivity index (χ2n) is 4.66. The first-order valence-corrected chi connectivity index (χ1v) is 6.79. The quantitative estimate of drug-likeness (QED) is 0.437. The van der Waals surface area contributed by atoms with Gasteiger partial charge in [0.05, 0.1) is 13.5 Å². The molecular formula is C15H23ClN2O3. The van der Waals surface area contributed by atoms with E-state index in [2.05, 4.69) is 10.1 Å². The number of carbonyl (C=O) groups is 2. The molecule has 0 radical (unpaired) electrons. The first-order chi connectivity index (χ1) is 9.61. The molecule has 1 aromatic carbocycles. The number of methoxy groups -OCH3 is 1. The average molecular weight is 315 g/mol. The lowest BCUT2D eigenvalue weighted by molar-refractivity contribution is -0.140. The summed E-state index contributed by atoms with van der Waals surface area (Å²) >= 11 is 0. The molecule has 0 aliphatic rings. The Morgan fingerprint density at radius 3 is 2.43 bits per heavy atom. The van der Waals surface area contributed by atoms with Gasteiger partial charge in [0.25, 0.3) is 0 Å². The first-order valence-electron chi connectivity index (χ1n) is 6.79. The average Bonchev–Trinajstić information content (AvgIpc) is 2.44. The van der Waals surface area contributed by atoms with Crippen molar-refractivity contribution in [2.24, 2.45) is 0 Å². The van der Waals surface area contributed by atoms with E-state index in [1.54, 1.807) is 12.1 Å². The molecule has 0 heterocycles. The molecule has 0 aliphatic carbocycles. The number of anilines is 1. The summed E-state index contributed by atoms with van der Waals surface area (Å²) in [6.07, 6.45) is 3.36. The third-order valence-electron chi connectivity index (χ3n) is 2.95. The van der Waals surface area contributed by atoms with E-state index in [0.29, 0.717) is 25.1 Å². The number of benzene rings is 1. The topological polar surface area (TPSA) is 81.4 Å². The second kappa shape index (κ2) is 11.0. The van der Waals surface area contributed by atoms with Crippen molar-refractivity contribution in [2.75, 3.05) is 19.4 Å². The van der Waals surface area contributed by atoms with Crippen LogP contribution in [0.5, 0.6) is 0 Å². The number of ether oxygens (including phenoxy) is 1. The van der Waals surface area contributed by atoms with Crippen molar-refractivity contribution in [1.82, 2.24) is 5.32 Å². The number of hydrogen-bond acceptors (Lipinski definition) is 4. The van der Waals surface area contributed by atoms with Crippen molar-refractivity contribution in [3.63, 3.8) is 0 Å². The van der Waals surface area contributed by atoms with Crippen LogP contribution < -0.4 is 11.1 Å². The van der Waals surface area contributed by atoms with Gasteiger partial charge < -0.3 is 15.8 Å². The predicted molar refractivity (Wildman–Crippen MR) is 85.3 cm³/mol. The van der Waals surface area contributed by atoms with Gasteiger partial charge in [0.1, 0.15) is 0 Å². The minimum Gasteiger partial charge on any atom is -0.469 e. The Morgan fingerprint density at radius 1 is 1.14 bits per heavy atom. The monoisotopic (exact) mass is 314 g/mol. The zero-order valence-corrected chi connectivity index (χ0v) is 13.1. The normalized spacial score (nSPS) is 9.57. The summed E-state index contributed by atoms with van der Waals surface area (Å²) in [4.78, 5) is 22.5. The highest BCUT2D eigenvalue weighted by molar-refractivity contribution is 5.85. The van der Waals surface area contributed by atoms with Crippen LogP contribution in [0.15, 0.2) is 24.3 Å². The number of nitrogen functional groups attached to an aromatic ring is 1. The van der Waals surface area contributed by atoms with Crippen LogP contribution in [0.3, 0.4) is 0 Å². The molecule has 6 heteroatoms. The van der Waals surface area contributed by atoms with E-state index in [4.69, 9.17) is 5.73 Å². The third kappa shape index (κ3) is 8.92. The van der Waals surface area contributed by atoms with Crippen molar-refractivity contribution in [1.29, 1.82) is 0 Å². The first kappa shape index (κ1) is 19.2. The number of hydrogen-bond donors (Lipinski definition) is 2. The van der Waals surface area contributed by atoms with Gasteiger partial charge in [0.15, 0.2) is 0 Å². The van der Waals surface area contributed by atoms with E-state index in [1.165, 1.54) is 7.11 Å². The third-order valence-corrected chi connectivity index (χ3v) is 2.95. The van der Waals surface area contributed by atoms with Gasteiger partial charge in [-0.15, -0.1) is 12.4 Å². The van der Waals surface area contributed by atoms with Gasteiger partial charge in [-0.05, 0) is 30.5 Å². The number of unbranched alkanes of at least 4 members (excludes halogenated alkanes) is 2. The predicted octanol–water partition coefficient (Wildman–Crippen LogP) is 2.08. The number of nitrogens with one attached hydrogen (secondary N) is 1. The zero-order valence-electron chi connectivity index (χ0n) is 12.3. The van der Waals surface area contributed by atoms with Crippen LogP contribution in [0, 0.1) is 0 Å². The fraction of sp³-hybridized carbons (Fsp3) is 0.467. The fourth-order valence-electron chi connectivity index (χ4n) is 1.78. The van der Waals surface area contributed by atoms with Crippen LogP contribution in [0.1, 0.15) is 31.2 Å². The van der Waals surface area contributed by atoms with Crippen LogP contribution in [-0.4, -0.2) is 25.5 Å². The Hall–Kier alpha value is -1.75. The van der Waals surface area contributed by atoms with Crippen LogP contribution in [0.2, 0.25) is 0 Å². The second-order valence-corrected chi connectivity index (χ2v) is 4.66. The van der Waals surface area contributed by atoms with Crippen LogP contribution in [0.25, 0.3) is 0 Å². The highest BCUT2D eigenvalue weighted by Crippen LogP contribution is 2.06. The molecule has 1 amide bonds. The summed E-state index contributed by atoms with van der Waals surface area (Å²) in [5.74, 6) is -0.180. The van der Waals surface area contributed by atoms with Crippen LogP contribution in [-0.2, 0) is 20.7 Å². The highest BCUT2D eigenvalue weighted by Gasteiger charge is 2.03.